The Hall–Kier alpha value is -3.12. The lowest BCUT2D eigenvalue weighted by Crippen LogP contribution is -2.18. The average Bonchev–Trinajstić information content (AvgIpc) is 2.96. The van der Waals surface area contributed by atoms with Gasteiger partial charge in [-0.3, -0.25) is 4.79 Å². The molecule has 2 aromatic heterocycles. The maximum atomic E-state index is 12.2. The summed E-state index contributed by atoms with van der Waals surface area (Å²) < 4.78 is 7.62. The monoisotopic (exact) mass is 396 g/mol. The molecule has 0 unspecified atom stereocenters. The largest absolute Gasteiger partial charge is 0.494 e. The molecule has 3 rings (SSSR count). The fourth-order valence-electron chi connectivity index (χ4n) is 2.95. The number of aryl methyl sites for hydroxylation is 1. The van der Waals surface area contributed by atoms with E-state index in [4.69, 9.17) is 16.3 Å². The molecule has 7 heteroatoms. The van der Waals surface area contributed by atoms with Crippen molar-refractivity contribution < 1.29 is 9.53 Å². The molecular formula is C21H21ClN4O2. The van der Waals surface area contributed by atoms with Gasteiger partial charge >= 0.3 is 0 Å². The van der Waals surface area contributed by atoms with Crippen molar-refractivity contribution in [3.05, 3.63) is 76.3 Å². The Morgan fingerprint density at radius 1 is 1.29 bits per heavy atom. The Kier molecular flexibility index (Phi) is 6.11. The lowest BCUT2D eigenvalue weighted by Gasteiger charge is -2.10. The second kappa shape index (κ2) is 8.71. The van der Waals surface area contributed by atoms with Crippen LogP contribution in [0.25, 0.3) is 5.69 Å². The van der Waals surface area contributed by atoms with Crippen LogP contribution in [0.4, 0.5) is 0 Å². The van der Waals surface area contributed by atoms with E-state index in [0.29, 0.717) is 6.61 Å². The summed E-state index contributed by atoms with van der Waals surface area (Å²) in [5.41, 5.74) is 6.78. The van der Waals surface area contributed by atoms with Crippen molar-refractivity contribution in [2.75, 3.05) is 6.61 Å². The molecule has 1 aromatic carbocycles. The number of nitrogens with zero attached hydrogens (tertiary/aromatic N) is 3. The van der Waals surface area contributed by atoms with Crippen LogP contribution in [0.2, 0.25) is 5.15 Å². The summed E-state index contributed by atoms with van der Waals surface area (Å²) in [6.07, 6.45) is 3.15. The van der Waals surface area contributed by atoms with Gasteiger partial charge in [-0.25, -0.2) is 10.4 Å². The molecule has 0 radical (unpaired) electrons. The van der Waals surface area contributed by atoms with E-state index in [1.807, 2.05) is 51.1 Å². The minimum Gasteiger partial charge on any atom is -0.494 e. The van der Waals surface area contributed by atoms with Crippen molar-refractivity contribution in [2.24, 2.45) is 5.10 Å². The summed E-state index contributed by atoms with van der Waals surface area (Å²) in [4.78, 5) is 16.0. The maximum Gasteiger partial charge on any atom is 0.274 e. The molecule has 0 aliphatic rings. The Bertz CT molecular complexity index is 1010. The molecule has 1 N–H and O–H groups in total. The van der Waals surface area contributed by atoms with Crippen molar-refractivity contribution in [3.63, 3.8) is 0 Å². The predicted octanol–water partition coefficient (Wildman–Crippen LogP) is 4.31. The van der Waals surface area contributed by atoms with Crippen molar-refractivity contribution >= 4 is 23.7 Å². The van der Waals surface area contributed by atoms with E-state index in [9.17, 15) is 4.79 Å². The number of hydrazone groups is 1. The van der Waals surface area contributed by atoms with Gasteiger partial charge in [-0.15, -0.1) is 0 Å². The van der Waals surface area contributed by atoms with Crippen LogP contribution in [0.15, 0.2) is 53.8 Å². The van der Waals surface area contributed by atoms with Crippen LogP contribution in [0, 0.1) is 13.8 Å². The van der Waals surface area contributed by atoms with Gasteiger partial charge in [0.25, 0.3) is 5.91 Å². The molecule has 0 aliphatic carbocycles. The van der Waals surface area contributed by atoms with Crippen LogP contribution in [0.5, 0.6) is 5.75 Å². The zero-order chi connectivity index (χ0) is 20.1. The zero-order valence-corrected chi connectivity index (χ0v) is 16.7. The number of pyridine rings is 1. The van der Waals surface area contributed by atoms with E-state index in [1.54, 1.807) is 18.3 Å². The average molecular weight is 397 g/mol. The lowest BCUT2D eigenvalue weighted by atomic mass is 10.2. The number of benzene rings is 1. The summed E-state index contributed by atoms with van der Waals surface area (Å²) in [5.74, 6) is 0.432. The van der Waals surface area contributed by atoms with Crippen LogP contribution in [0.3, 0.4) is 0 Å². The van der Waals surface area contributed by atoms with E-state index in [-0.39, 0.29) is 10.7 Å². The van der Waals surface area contributed by atoms with Crippen LogP contribution in [-0.2, 0) is 0 Å². The molecule has 0 spiro atoms. The van der Waals surface area contributed by atoms with Crippen molar-refractivity contribution in [3.8, 4) is 11.4 Å². The second-order valence-electron chi connectivity index (χ2n) is 6.13. The van der Waals surface area contributed by atoms with Gasteiger partial charge in [0.05, 0.1) is 18.4 Å². The first-order valence-corrected chi connectivity index (χ1v) is 9.25. The molecule has 0 saturated carbocycles. The number of nitrogens with one attached hydrogen (secondary N) is 1. The van der Waals surface area contributed by atoms with E-state index >= 15 is 0 Å². The first-order chi connectivity index (χ1) is 13.5. The van der Waals surface area contributed by atoms with E-state index in [2.05, 4.69) is 20.1 Å². The topological polar surface area (TPSA) is 68.5 Å². The number of hydrogen-bond donors (Lipinski definition) is 1. The minimum absolute atomic E-state index is 0.142. The molecule has 1 amide bonds. The molecule has 28 heavy (non-hydrogen) atoms. The number of aromatic nitrogens is 2. The first-order valence-electron chi connectivity index (χ1n) is 8.87. The first kappa shape index (κ1) is 19.6. The fourth-order valence-corrected chi connectivity index (χ4v) is 3.15. The molecule has 144 valence electrons. The number of rotatable bonds is 6. The molecule has 2 heterocycles. The Balaban J connectivity index is 1.77. The summed E-state index contributed by atoms with van der Waals surface area (Å²) in [6, 6.07) is 13.2. The molecule has 0 saturated heterocycles. The van der Waals surface area contributed by atoms with Gasteiger partial charge in [0.2, 0.25) is 0 Å². The third-order valence-corrected chi connectivity index (χ3v) is 4.55. The second-order valence-corrected chi connectivity index (χ2v) is 6.49. The van der Waals surface area contributed by atoms with E-state index in [0.717, 1.165) is 28.4 Å². The van der Waals surface area contributed by atoms with Gasteiger partial charge in [-0.1, -0.05) is 11.6 Å². The molecule has 0 atom stereocenters. The van der Waals surface area contributed by atoms with E-state index < -0.39 is 5.91 Å². The van der Waals surface area contributed by atoms with E-state index in [1.165, 1.54) is 6.20 Å². The number of amides is 1. The molecule has 0 aliphatic heterocycles. The highest BCUT2D eigenvalue weighted by Crippen LogP contribution is 2.22. The highest BCUT2D eigenvalue weighted by atomic mass is 35.5. The van der Waals surface area contributed by atoms with Crippen LogP contribution in [0.1, 0.15) is 34.2 Å². The van der Waals surface area contributed by atoms with Gasteiger partial charge < -0.3 is 9.30 Å². The van der Waals surface area contributed by atoms with Gasteiger partial charge in [0.15, 0.2) is 0 Å². The number of hydrogen-bond acceptors (Lipinski definition) is 4. The van der Waals surface area contributed by atoms with Gasteiger partial charge in [0, 0.05) is 28.8 Å². The van der Waals surface area contributed by atoms with Crippen LogP contribution >= 0.6 is 11.6 Å². The van der Waals surface area contributed by atoms with Gasteiger partial charge in [-0.05, 0) is 63.2 Å². The lowest BCUT2D eigenvalue weighted by molar-refractivity contribution is 0.0955. The van der Waals surface area contributed by atoms with Crippen LogP contribution in [-0.4, -0.2) is 28.3 Å². The number of carbonyl (C=O) groups is 1. The SMILES string of the molecule is CCOc1ccc(-n2c(C)cc(C=NNC(=O)c3cccnc3Cl)c2C)cc1. The van der Waals surface area contributed by atoms with Crippen LogP contribution < -0.4 is 10.2 Å². The Morgan fingerprint density at radius 3 is 2.71 bits per heavy atom. The van der Waals surface area contributed by atoms with Gasteiger partial charge in [-0.2, -0.15) is 5.10 Å². The maximum absolute atomic E-state index is 12.2. The molecule has 6 nitrogen and oxygen atoms in total. The molecular weight excluding hydrogens is 376 g/mol. The number of halogens is 1. The number of carbonyl (C=O) groups excluding carboxylic acids is 1. The normalized spacial score (nSPS) is 11.0. The smallest absolute Gasteiger partial charge is 0.274 e. The highest BCUT2D eigenvalue weighted by Gasteiger charge is 2.11. The predicted molar refractivity (Wildman–Crippen MR) is 111 cm³/mol. The van der Waals surface area contributed by atoms with Crippen molar-refractivity contribution in [2.45, 2.75) is 20.8 Å². The third kappa shape index (κ3) is 4.23. The summed E-state index contributed by atoms with van der Waals surface area (Å²) in [5, 5.41) is 4.20. The highest BCUT2D eigenvalue weighted by molar-refractivity contribution is 6.32. The standard InChI is InChI=1S/C21H21ClN4O2/c1-4-28-18-9-7-17(8-10-18)26-14(2)12-16(15(26)3)13-24-25-21(27)19-6-5-11-23-20(19)22/h5-13H,4H2,1-3H3,(H,25,27). The number of ether oxygens (including phenoxy) is 1. The quantitative estimate of drug-likeness (QED) is 0.383. The molecule has 0 fully saturated rings. The fraction of sp³-hybridized carbons (Fsp3) is 0.190. The Morgan fingerprint density at radius 2 is 2.04 bits per heavy atom. The molecule has 3 aromatic rings. The molecule has 0 bridgehead atoms. The van der Waals surface area contributed by atoms with Crippen molar-refractivity contribution in [1.29, 1.82) is 0 Å². The van der Waals surface area contributed by atoms with Crippen molar-refractivity contribution in [1.82, 2.24) is 15.0 Å². The summed E-state index contributed by atoms with van der Waals surface area (Å²) >= 11 is 5.93. The minimum atomic E-state index is -0.408. The third-order valence-electron chi connectivity index (χ3n) is 4.25. The summed E-state index contributed by atoms with van der Waals surface area (Å²) in [7, 11) is 0. The Labute approximate surface area is 168 Å². The van der Waals surface area contributed by atoms with Gasteiger partial charge in [0.1, 0.15) is 10.9 Å². The summed E-state index contributed by atoms with van der Waals surface area (Å²) in [6.45, 7) is 6.62. The zero-order valence-electron chi connectivity index (χ0n) is 15.9.